The Bertz CT molecular complexity index is 1030. The van der Waals surface area contributed by atoms with E-state index >= 15 is 0 Å². The summed E-state index contributed by atoms with van der Waals surface area (Å²) in [6.45, 7) is 3.83. The lowest BCUT2D eigenvalue weighted by molar-refractivity contribution is -0.118. The molecule has 2 aromatic carbocycles. The van der Waals surface area contributed by atoms with Gasteiger partial charge >= 0.3 is 0 Å². The molecule has 0 saturated heterocycles. The van der Waals surface area contributed by atoms with Crippen molar-refractivity contribution >= 4 is 44.8 Å². The van der Waals surface area contributed by atoms with Gasteiger partial charge < -0.3 is 10.6 Å². The zero-order chi connectivity index (χ0) is 21.0. The average Bonchev–Trinajstić information content (AvgIpc) is 2.85. The number of hydrogen-bond donors (Lipinski definition) is 2. The Balaban J connectivity index is 1.69. The van der Waals surface area contributed by atoms with Crippen molar-refractivity contribution in [2.75, 3.05) is 22.1 Å². The normalized spacial score (nSPS) is 16.5. The first kappa shape index (κ1) is 21.4. The third kappa shape index (κ3) is 5.19. The number of benzene rings is 2. The van der Waals surface area contributed by atoms with Crippen molar-refractivity contribution in [3.8, 4) is 0 Å². The van der Waals surface area contributed by atoms with Gasteiger partial charge in [0.2, 0.25) is 11.8 Å². The van der Waals surface area contributed by atoms with Crippen LogP contribution in [0.5, 0.6) is 0 Å². The number of hydrogen-bond acceptors (Lipinski definition) is 5. The second kappa shape index (κ2) is 9.00. The first-order chi connectivity index (χ1) is 13.8. The van der Waals surface area contributed by atoms with Gasteiger partial charge in [0.05, 0.1) is 16.3 Å². The van der Waals surface area contributed by atoms with Gasteiger partial charge in [-0.1, -0.05) is 32.0 Å². The van der Waals surface area contributed by atoms with Crippen molar-refractivity contribution in [2.45, 2.75) is 36.5 Å². The minimum absolute atomic E-state index is 0.105. The summed E-state index contributed by atoms with van der Waals surface area (Å²) < 4.78 is 25.5. The molecular formula is C21H24N2O4S2. The molecule has 0 fully saturated rings. The maximum atomic E-state index is 12.7. The summed E-state index contributed by atoms with van der Waals surface area (Å²) >= 11 is 1.52. The van der Waals surface area contributed by atoms with E-state index in [1.807, 2.05) is 32.0 Å². The molecule has 0 saturated carbocycles. The predicted molar refractivity (Wildman–Crippen MR) is 116 cm³/mol. The summed E-state index contributed by atoms with van der Waals surface area (Å²) in [5.41, 5.74) is 2.21. The van der Waals surface area contributed by atoms with E-state index in [2.05, 4.69) is 10.6 Å². The SMILES string of the molecule is CCc1ccccc1NC(=O)CCS(=O)(=O)c1ccc2c(c1)NC(=O)[C@@H](C)CS2. The van der Waals surface area contributed by atoms with Crippen LogP contribution in [-0.4, -0.2) is 31.7 Å². The van der Waals surface area contributed by atoms with Gasteiger partial charge in [-0.15, -0.1) is 11.8 Å². The molecule has 8 heteroatoms. The Hall–Kier alpha value is -2.32. The summed E-state index contributed by atoms with van der Waals surface area (Å²) in [4.78, 5) is 25.3. The minimum Gasteiger partial charge on any atom is -0.326 e. The van der Waals surface area contributed by atoms with Crippen LogP contribution in [0.3, 0.4) is 0 Å². The number of rotatable bonds is 6. The van der Waals surface area contributed by atoms with Gasteiger partial charge in [0.25, 0.3) is 0 Å². The third-order valence-electron chi connectivity index (χ3n) is 4.77. The Morgan fingerprint density at radius 3 is 2.76 bits per heavy atom. The highest BCUT2D eigenvalue weighted by atomic mass is 32.2. The third-order valence-corrected chi connectivity index (χ3v) is 7.82. The molecule has 2 aromatic rings. The number of anilines is 2. The number of sulfone groups is 1. The molecule has 0 aromatic heterocycles. The zero-order valence-electron chi connectivity index (χ0n) is 16.4. The Morgan fingerprint density at radius 1 is 1.24 bits per heavy atom. The fourth-order valence-electron chi connectivity index (χ4n) is 2.98. The molecule has 3 rings (SSSR count). The van der Waals surface area contributed by atoms with E-state index in [0.29, 0.717) is 17.1 Å². The molecule has 6 nitrogen and oxygen atoms in total. The standard InChI is InChI=1S/C21H24N2O4S2/c1-3-15-6-4-5-7-17(15)22-20(24)10-11-29(26,27)16-8-9-19-18(12-16)23-21(25)14(2)13-28-19/h4-9,12,14H,3,10-11,13H2,1-2H3,(H,22,24)(H,23,25)/t14-/m0/s1. The van der Waals surface area contributed by atoms with Crippen LogP contribution in [0.25, 0.3) is 0 Å². The number of thioether (sulfide) groups is 1. The van der Waals surface area contributed by atoms with Crippen LogP contribution < -0.4 is 10.6 Å². The zero-order valence-corrected chi connectivity index (χ0v) is 18.0. The van der Waals surface area contributed by atoms with Crippen LogP contribution in [0, 0.1) is 5.92 Å². The molecule has 2 amide bonds. The monoisotopic (exact) mass is 432 g/mol. The lowest BCUT2D eigenvalue weighted by Gasteiger charge is -2.11. The molecule has 1 atom stereocenters. The quantitative estimate of drug-likeness (QED) is 0.726. The van der Waals surface area contributed by atoms with Gasteiger partial charge in [-0.3, -0.25) is 9.59 Å². The van der Waals surface area contributed by atoms with E-state index in [4.69, 9.17) is 0 Å². The van der Waals surface area contributed by atoms with Gasteiger partial charge in [-0.05, 0) is 36.2 Å². The average molecular weight is 433 g/mol. The number of nitrogens with one attached hydrogen (secondary N) is 2. The van der Waals surface area contributed by atoms with Crippen LogP contribution >= 0.6 is 11.8 Å². The van der Waals surface area contributed by atoms with E-state index in [1.165, 1.54) is 23.9 Å². The van der Waals surface area contributed by atoms with Crippen LogP contribution in [0.15, 0.2) is 52.3 Å². The maximum absolute atomic E-state index is 12.7. The van der Waals surface area contributed by atoms with Crippen molar-refractivity contribution in [2.24, 2.45) is 5.92 Å². The second-order valence-corrected chi connectivity index (χ2v) is 10.2. The maximum Gasteiger partial charge on any atom is 0.228 e. The minimum atomic E-state index is -3.66. The van der Waals surface area contributed by atoms with Crippen molar-refractivity contribution in [1.82, 2.24) is 0 Å². The van der Waals surface area contributed by atoms with E-state index in [1.54, 1.807) is 12.1 Å². The molecule has 0 aliphatic carbocycles. The van der Waals surface area contributed by atoms with E-state index in [-0.39, 0.29) is 34.8 Å². The molecule has 1 heterocycles. The van der Waals surface area contributed by atoms with Crippen molar-refractivity contribution in [3.63, 3.8) is 0 Å². The molecule has 0 bridgehead atoms. The highest BCUT2D eigenvalue weighted by Gasteiger charge is 2.23. The van der Waals surface area contributed by atoms with Crippen LogP contribution in [0.2, 0.25) is 0 Å². The number of amides is 2. The van der Waals surface area contributed by atoms with Crippen molar-refractivity contribution < 1.29 is 18.0 Å². The number of carbonyl (C=O) groups is 2. The lowest BCUT2D eigenvalue weighted by atomic mass is 10.1. The molecule has 154 valence electrons. The first-order valence-electron chi connectivity index (χ1n) is 9.48. The molecule has 0 unspecified atom stereocenters. The number of para-hydroxylation sites is 1. The number of aryl methyl sites for hydroxylation is 1. The Kier molecular flexibility index (Phi) is 6.64. The molecule has 1 aliphatic rings. The largest absolute Gasteiger partial charge is 0.326 e. The number of carbonyl (C=O) groups excluding carboxylic acids is 2. The fraction of sp³-hybridized carbons (Fsp3) is 0.333. The molecule has 29 heavy (non-hydrogen) atoms. The predicted octanol–water partition coefficient (Wildman–Crippen LogP) is 3.73. The van der Waals surface area contributed by atoms with Gasteiger partial charge in [0.1, 0.15) is 0 Å². The smallest absolute Gasteiger partial charge is 0.228 e. The summed E-state index contributed by atoms with van der Waals surface area (Å²) in [6, 6.07) is 12.2. The van der Waals surface area contributed by atoms with E-state index < -0.39 is 9.84 Å². The summed E-state index contributed by atoms with van der Waals surface area (Å²) in [5.74, 6) is -0.280. The topological polar surface area (TPSA) is 92.3 Å². The lowest BCUT2D eigenvalue weighted by Crippen LogP contribution is -2.20. The van der Waals surface area contributed by atoms with Gasteiger partial charge in [-0.25, -0.2) is 8.42 Å². The van der Waals surface area contributed by atoms with Crippen molar-refractivity contribution in [1.29, 1.82) is 0 Å². The number of fused-ring (bicyclic) bond motifs is 1. The molecular weight excluding hydrogens is 408 g/mol. The second-order valence-electron chi connectivity index (χ2n) is 6.99. The fourth-order valence-corrected chi connectivity index (χ4v) is 5.25. The van der Waals surface area contributed by atoms with Gasteiger partial charge in [0, 0.05) is 28.7 Å². The summed E-state index contributed by atoms with van der Waals surface area (Å²) in [7, 11) is -3.66. The molecule has 2 N–H and O–H groups in total. The van der Waals surface area contributed by atoms with Gasteiger partial charge in [0.15, 0.2) is 9.84 Å². The summed E-state index contributed by atoms with van der Waals surface area (Å²) in [6.07, 6.45) is 0.627. The Morgan fingerprint density at radius 2 is 2.00 bits per heavy atom. The highest BCUT2D eigenvalue weighted by Crippen LogP contribution is 2.34. The van der Waals surface area contributed by atoms with Crippen LogP contribution in [-0.2, 0) is 25.8 Å². The Labute approximate surface area is 175 Å². The highest BCUT2D eigenvalue weighted by molar-refractivity contribution is 7.99. The molecule has 0 radical (unpaired) electrons. The molecule has 1 aliphatic heterocycles. The molecule has 0 spiro atoms. The summed E-state index contributed by atoms with van der Waals surface area (Å²) in [5, 5.41) is 5.58. The van der Waals surface area contributed by atoms with Crippen LogP contribution in [0.1, 0.15) is 25.8 Å². The van der Waals surface area contributed by atoms with Gasteiger partial charge in [-0.2, -0.15) is 0 Å². The van der Waals surface area contributed by atoms with Crippen molar-refractivity contribution in [3.05, 3.63) is 48.0 Å². The van der Waals surface area contributed by atoms with E-state index in [9.17, 15) is 18.0 Å². The first-order valence-corrected chi connectivity index (χ1v) is 12.1. The van der Waals surface area contributed by atoms with E-state index in [0.717, 1.165) is 16.9 Å². The van der Waals surface area contributed by atoms with Crippen LogP contribution in [0.4, 0.5) is 11.4 Å².